The van der Waals surface area contributed by atoms with Crippen LogP contribution in [0.4, 0.5) is 0 Å². The van der Waals surface area contributed by atoms with Gasteiger partial charge in [0.2, 0.25) is 0 Å². The van der Waals surface area contributed by atoms with Crippen molar-refractivity contribution < 1.29 is 18.9 Å². The monoisotopic (exact) mass is 642 g/mol. The van der Waals surface area contributed by atoms with Crippen molar-refractivity contribution in [3.63, 3.8) is 0 Å². The molecule has 202 valence electrons. The number of ether oxygens (including phenoxy) is 4. The van der Waals surface area contributed by atoms with Gasteiger partial charge in [-0.25, -0.2) is 0 Å². The molecular weight excluding hydrogens is 611 g/mol. The van der Waals surface area contributed by atoms with E-state index in [2.05, 4.69) is 90.2 Å². The summed E-state index contributed by atoms with van der Waals surface area (Å²) in [4.78, 5) is 0. The number of hydrogen-bond donors (Lipinski definition) is 0. The molecule has 0 spiro atoms. The number of aryl methyl sites for hydroxylation is 1. The predicted octanol–water partition coefficient (Wildman–Crippen LogP) is 8.79. The van der Waals surface area contributed by atoms with Gasteiger partial charge in [-0.2, -0.15) is 0 Å². The van der Waals surface area contributed by atoms with Crippen molar-refractivity contribution in [2.75, 3.05) is 28.4 Å². The molecule has 0 heterocycles. The molecule has 0 saturated carbocycles. The van der Waals surface area contributed by atoms with E-state index in [9.17, 15) is 0 Å². The van der Waals surface area contributed by atoms with Gasteiger partial charge in [-0.1, -0.05) is 54.1 Å². The van der Waals surface area contributed by atoms with Crippen LogP contribution in [0.15, 0.2) is 97.1 Å². The Kier molecular flexibility index (Phi) is 8.31. The normalized spacial score (nSPS) is 10.8. The topological polar surface area (TPSA) is 36.9 Å². The van der Waals surface area contributed by atoms with Crippen molar-refractivity contribution in [2.24, 2.45) is 0 Å². The van der Waals surface area contributed by atoms with Crippen LogP contribution in [0.25, 0.3) is 21.9 Å². The Hall–Kier alpha value is -3.97. The largest absolute Gasteiger partial charge is 0.497 e. The van der Waals surface area contributed by atoms with E-state index in [0.717, 1.165) is 37.0 Å². The Morgan fingerprint density at radius 1 is 0.500 bits per heavy atom. The summed E-state index contributed by atoms with van der Waals surface area (Å²) in [6, 6.07) is 33.6. The van der Waals surface area contributed by atoms with Crippen molar-refractivity contribution in [1.29, 1.82) is 0 Å². The Balaban J connectivity index is 1.98. The SMILES string of the molecule is COc1cc(OC)cc(C(=C(c2ccc(C)cc2)c2cc3ccccc3cc2I)c2cc(OC)cc(OC)c2)c1. The number of fused-ring (bicyclic) bond motifs is 1. The van der Waals surface area contributed by atoms with Crippen molar-refractivity contribution in [2.45, 2.75) is 6.92 Å². The molecule has 0 aliphatic carbocycles. The molecular formula is C35H31IO4. The number of halogens is 1. The molecule has 0 amide bonds. The zero-order valence-electron chi connectivity index (χ0n) is 23.2. The first kappa shape index (κ1) is 27.6. The van der Waals surface area contributed by atoms with E-state index in [1.54, 1.807) is 28.4 Å². The maximum Gasteiger partial charge on any atom is 0.123 e. The molecule has 5 aromatic carbocycles. The summed E-state index contributed by atoms with van der Waals surface area (Å²) >= 11 is 2.45. The summed E-state index contributed by atoms with van der Waals surface area (Å²) in [5, 5.41) is 2.37. The summed E-state index contributed by atoms with van der Waals surface area (Å²) in [5.74, 6) is 2.83. The van der Waals surface area contributed by atoms with E-state index in [1.807, 2.05) is 36.4 Å². The molecule has 5 heteroatoms. The fourth-order valence-electron chi connectivity index (χ4n) is 4.92. The second-order valence-electron chi connectivity index (χ2n) is 9.50. The zero-order chi connectivity index (χ0) is 28.2. The molecule has 0 unspecified atom stereocenters. The van der Waals surface area contributed by atoms with Gasteiger partial charge in [-0.15, -0.1) is 0 Å². The highest BCUT2D eigenvalue weighted by Crippen LogP contribution is 2.43. The van der Waals surface area contributed by atoms with E-state index in [0.29, 0.717) is 23.0 Å². The number of benzene rings is 5. The van der Waals surface area contributed by atoms with E-state index in [1.165, 1.54) is 16.3 Å². The Morgan fingerprint density at radius 2 is 0.950 bits per heavy atom. The minimum absolute atomic E-state index is 0.707. The highest BCUT2D eigenvalue weighted by Gasteiger charge is 2.21. The van der Waals surface area contributed by atoms with Crippen LogP contribution in [0, 0.1) is 10.5 Å². The third kappa shape index (κ3) is 5.65. The molecule has 0 N–H and O–H groups in total. The molecule has 0 saturated heterocycles. The van der Waals surface area contributed by atoms with Crippen LogP contribution in [0.2, 0.25) is 0 Å². The van der Waals surface area contributed by atoms with Crippen LogP contribution < -0.4 is 18.9 Å². The van der Waals surface area contributed by atoms with Crippen molar-refractivity contribution in [3.8, 4) is 23.0 Å². The molecule has 0 bridgehead atoms. The Bertz CT molecular complexity index is 1600. The fourth-order valence-corrected chi connectivity index (χ4v) is 5.68. The fraction of sp³-hybridized carbons (Fsp3) is 0.143. The third-order valence-electron chi connectivity index (χ3n) is 6.98. The lowest BCUT2D eigenvalue weighted by molar-refractivity contribution is 0.394. The van der Waals surface area contributed by atoms with Gasteiger partial charge in [-0.05, 0) is 110 Å². The Morgan fingerprint density at radius 3 is 1.40 bits per heavy atom. The van der Waals surface area contributed by atoms with Gasteiger partial charge in [-0.3, -0.25) is 0 Å². The van der Waals surface area contributed by atoms with E-state index < -0.39 is 0 Å². The van der Waals surface area contributed by atoms with E-state index in [-0.39, 0.29) is 0 Å². The quantitative estimate of drug-likeness (QED) is 0.125. The lowest BCUT2D eigenvalue weighted by Crippen LogP contribution is -2.02. The first-order valence-corrected chi connectivity index (χ1v) is 14.0. The molecule has 5 rings (SSSR count). The summed E-state index contributed by atoms with van der Waals surface area (Å²) in [6.07, 6.45) is 0. The summed E-state index contributed by atoms with van der Waals surface area (Å²) in [6.45, 7) is 2.10. The van der Waals surface area contributed by atoms with Crippen LogP contribution in [0.1, 0.15) is 27.8 Å². The third-order valence-corrected chi connectivity index (χ3v) is 7.87. The molecule has 0 radical (unpaired) electrons. The maximum absolute atomic E-state index is 5.71. The number of hydrogen-bond acceptors (Lipinski definition) is 4. The molecule has 0 aromatic heterocycles. The number of methoxy groups -OCH3 is 4. The van der Waals surface area contributed by atoms with Gasteiger partial charge in [0.05, 0.1) is 28.4 Å². The van der Waals surface area contributed by atoms with Crippen LogP contribution in [0.3, 0.4) is 0 Å². The van der Waals surface area contributed by atoms with Crippen LogP contribution >= 0.6 is 22.6 Å². The second kappa shape index (κ2) is 12.0. The Labute approximate surface area is 249 Å². The zero-order valence-corrected chi connectivity index (χ0v) is 25.4. The lowest BCUT2D eigenvalue weighted by Gasteiger charge is -2.21. The van der Waals surface area contributed by atoms with E-state index >= 15 is 0 Å². The van der Waals surface area contributed by atoms with Gasteiger partial charge in [0, 0.05) is 15.7 Å². The smallest absolute Gasteiger partial charge is 0.123 e. The highest BCUT2D eigenvalue weighted by molar-refractivity contribution is 14.1. The lowest BCUT2D eigenvalue weighted by atomic mass is 9.84. The van der Waals surface area contributed by atoms with Gasteiger partial charge in [0.15, 0.2) is 0 Å². The summed E-state index contributed by atoms with van der Waals surface area (Å²) in [5.41, 5.74) is 7.41. The molecule has 40 heavy (non-hydrogen) atoms. The van der Waals surface area contributed by atoms with Crippen LogP contribution in [-0.2, 0) is 0 Å². The van der Waals surface area contributed by atoms with Gasteiger partial charge in [0.25, 0.3) is 0 Å². The summed E-state index contributed by atoms with van der Waals surface area (Å²) in [7, 11) is 6.68. The average Bonchev–Trinajstić information content (AvgIpc) is 2.99. The van der Waals surface area contributed by atoms with Gasteiger partial charge >= 0.3 is 0 Å². The van der Waals surface area contributed by atoms with Crippen molar-refractivity contribution in [3.05, 3.63) is 128 Å². The van der Waals surface area contributed by atoms with Gasteiger partial charge < -0.3 is 18.9 Å². The van der Waals surface area contributed by atoms with Crippen molar-refractivity contribution >= 4 is 44.5 Å². The average molecular weight is 643 g/mol. The molecule has 0 fully saturated rings. The molecule has 0 aliphatic heterocycles. The predicted molar refractivity (Wildman–Crippen MR) is 172 cm³/mol. The van der Waals surface area contributed by atoms with E-state index in [4.69, 9.17) is 18.9 Å². The number of rotatable bonds is 8. The molecule has 4 nitrogen and oxygen atoms in total. The van der Waals surface area contributed by atoms with Gasteiger partial charge in [0.1, 0.15) is 23.0 Å². The van der Waals surface area contributed by atoms with Crippen molar-refractivity contribution in [1.82, 2.24) is 0 Å². The maximum atomic E-state index is 5.71. The first-order valence-electron chi connectivity index (χ1n) is 12.9. The minimum atomic E-state index is 0.707. The second-order valence-corrected chi connectivity index (χ2v) is 10.7. The highest BCUT2D eigenvalue weighted by atomic mass is 127. The minimum Gasteiger partial charge on any atom is -0.497 e. The van der Waals surface area contributed by atoms with Crippen LogP contribution in [-0.4, -0.2) is 28.4 Å². The molecule has 0 aliphatic rings. The summed E-state index contributed by atoms with van der Waals surface area (Å²) < 4.78 is 24.0. The molecule has 0 atom stereocenters. The first-order chi connectivity index (χ1) is 19.4. The standard InChI is InChI=1S/C35H31IO4/c1-22-10-12-23(13-11-22)35(32-18-24-8-6-7-9-25(24)19-33(32)36)34(26-14-28(37-2)20-29(15-26)38-3)27-16-30(39-4)21-31(17-27)40-5/h6-21H,1-5H3. The van der Waals surface area contributed by atoms with Crippen LogP contribution in [0.5, 0.6) is 23.0 Å². The molecule has 5 aromatic rings.